The third kappa shape index (κ3) is 11.2. The SMILES string of the molecule is [C-]#[N+]c1cc(-c2ccc(-n3c4ccc(-c5ccc(C)cc5C)cc4c4cc(-c5ccc(C(F)(F)F)cc5C(F)(F)F)ccc43)c(C#N)c2-n2c3ccc(-c4ccc(C(F)(F)F)cc4C)cc3c3cc(-c4ccc(C(F)(F)F)cc4C(F)(F)F)ccc32)cc(C(F)(F)F)c1. The van der Waals surface area contributed by atoms with Crippen LogP contribution in [0.5, 0.6) is 0 Å². The predicted molar refractivity (Wildman–Crippen MR) is 318 cm³/mol. The van der Waals surface area contributed by atoms with E-state index < -0.39 is 87.3 Å². The van der Waals surface area contributed by atoms with Crippen LogP contribution in [0.1, 0.15) is 55.6 Å². The zero-order valence-corrected chi connectivity index (χ0v) is 47.8. The van der Waals surface area contributed by atoms with Gasteiger partial charge in [0.05, 0.1) is 67.8 Å². The van der Waals surface area contributed by atoms with Crippen molar-refractivity contribution in [3.8, 4) is 73.1 Å². The van der Waals surface area contributed by atoms with Crippen molar-refractivity contribution < 1.29 is 79.0 Å². The molecule has 0 saturated heterocycles. The van der Waals surface area contributed by atoms with E-state index in [1.165, 1.54) is 82.8 Å². The van der Waals surface area contributed by atoms with E-state index >= 15 is 0 Å². The summed E-state index contributed by atoms with van der Waals surface area (Å²) in [6, 6.07) is 34.8. The lowest BCUT2D eigenvalue weighted by Gasteiger charge is -2.21. The molecule has 2 heterocycles. The molecule has 2 aromatic heterocycles. The van der Waals surface area contributed by atoms with Crippen LogP contribution in [-0.4, -0.2) is 9.13 Å². The lowest BCUT2D eigenvalue weighted by atomic mass is 9.94. The number of nitrogens with zero attached hydrogens (tertiary/aromatic N) is 4. The van der Waals surface area contributed by atoms with Gasteiger partial charge in [-0.3, -0.25) is 0 Å². The number of aromatic nitrogens is 2. The number of hydrogen-bond acceptors (Lipinski definition) is 1. The highest BCUT2D eigenvalue weighted by molar-refractivity contribution is 6.14. The summed E-state index contributed by atoms with van der Waals surface area (Å²) < 4.78 is 263. The number of fused-ring (bicyclic) bond motifs is 6. The highest BCUT2D eigenvalue weighted by atomic mass is 19.4. The van der Waals surface area contributed by atoms with Gasteiger partial charge in [0.25, 0.3) is 0 Å². The molecule has 0 spiro atoms. The fourth-order valence-electron chi connectivity index (χ4n) is 12.3. The summed E-state index contributed by atoms with van der Waals surface area (Å²) in [6.07, 6.45) is -30.9. The Balaban J connectivity index is 1.21. The third-order valence-corrected chi connectivity index (χ3v) is 16.4. The number of benzene rings is 10. The van der Waals surface area contributed by atoms with Gasteiger partial charge in [0, 0.05) is 32.7 Å². The molecule has 0 aliphatic heterocycles. The fourth-order valence-corrected chi connectivity index (χ4v) is 12.3. The van der Waals surface area contributed by atoms with Gasteiger partial charge in [-0.2, -0.15) is 84.3 Å². The molecule has 0 fully saturated rings. The summed E-state index contributed by atoms with van der Waals surface area (Å²) in [6.45, 7) is 12.9. The van der Waals surface area contributed by atoms with Crippen LogP contribution in [0.3, 0.4) is 0 Å². The van der Waals surface area contributed by atoms with Gasteiger partial charge in [0.2, 0.25) is 0 Å². The van der Waals surface area contributed by atoms with Crippen LogP contribution in [0, 0.1) is 38.7 Å². The standard InChI is InChI=1S/C71H38F18N4/c1-35-5-13-48(36(2)23-35)38-6-18-60-53(27-38)54-29-40(50-15-11-44(67(75,76)77)32-58(50)70(84,85)86)8-19-61(54)92(60)64-22-17-52(42-25-46(69(81,82)83)31-47(26-42)91-4)65(57(64)34-90)93-62-20-7-39(49-14-10-43(24-37(49)3)66(72,73)74)28-55(62)56-30-41(9-21-63(56)93)51-16-12-45(68(78,79)80)33-59(51)71(87,88)89/h5-33H,1-3H3. The van der Waals surface area contributed by atoms with Gasteiger partial charge in [-0.1, -0.05) is 72.3 Å². The molecule has 0 bridgehead atoms. The van der Waals surface area contributed by atoms with E-state index in [0.717, 1.165) is 35.4 Å². The quantitative estimate of drug-likeness (QED) is 0.116. The monoisotopic (exact) mass is 1290 g/mol. The van der Waals surface area contributed by atoms with Crippen molar-refractivity contribution in [3.63, 3.8) is 0 Å². The molecule has 0 N–H and O–H groups in total. The average Bonchev–Trinajstić information content (AvgIpc) is 1.60. The van der Waals surface area contributed by atoms with Crippen molar-refractivity contribution in [2.45, 2.75) is 57.8 Å². The van der Waals surface area contributed by atoms with Crippen LogP contribution in [0.25, 0.3) is 115 Å². The molecule has 93 heavy (non-hydrogen) atoms. The van der Waals surface area contributed by atoms with Crippen LogP contribution in [0.2, 0.25) is 0 Å². The molecule has 0 unspecified atom stereocenters. The summed E-state index contributed by atoms with van der Waals surface area (Å²) >= 11 is 0. The molecule has 0 radical (unpaired) electrons. The van der Waals surface area contributed by atoms with Crippen LogP contribution >= 0.6 is 0 Å². The van der Waals surface area contributed by atoms with E-state index in [1.54, 1.807) is 18.2 Å². The zero-order valence-electron chi connectivity index (χ0n) is 47.8. The van der Waals surface area contributed by atoms with E-state index in [4.69, 9.17) is 6.57 Å². The number of halogens is 18. The first-order valence-corrected chi connectivity index (χ1v) is 27.7. The maximum absolute atomic E-state index is 15.0. The van der Waals surface area contributed by atoms with Gasteiger partial charge in [-0.15, -0.1) is 0 Å². The molecular formula is C71H38F18N4. The Morgan fingerprint density at radius 2 is 0.720 bits per heavy atom. The highest BCUT2D eigenvalue weighted by Crippen LogP contribution is 2.50. The van der Waals surface area contributed by atoms with Crippen molar-refractivity contribution >= 4 is 49.3 Å². The average molecular weight is 1290 g/mol. The Labute approximate surface area is 514 Å². The minimum absolute atomic E-state index is 0.00196. The molecule has 0 aliphatic rings. The molecule has 10 aromatic carbocycles. The van der Waals surface area contributed by atoms with Gasteiger partial charge in [-0.25, -0.2) is 4.85 Å². The molecule has 0 saturated carbocycles. The third-order valence-electron chi connectivity index (χ3n) is 16.4. The molecule has 4 nitrogen and oxygen atoms in total. The van der Waals surface area contributed by atoms with Gasteiger partial charge >= 0.3 is 37.1 Å². The minimum atomic E-state index is -5.39. The predicted octanol–water partition coefficient (Wildman–Crippen LogP) is 23.7. The molecule has 468 valence electrons. The van der Waals surface area contributed by atoms with Crippen LogP contribution in [-0.2, 0) is 37.1 Å². The molecule has 0 atom stereocenters. The first-order valence-electron chi connectivity index (χ1n) is 27.7. The Morgan fingerprint density at radius 1 is 0.344 bits per heavy atom. The fraction of sp³-hybridized carbons (Fsp3) is 0.127. The first-order chi connectivity index (χ1) is 43.5. The Hall–Kier alpha value is -10.5. The number of aryl methyl sites for hydroxylation is 3. The van der Waals surface area contributed by atoms with Gasteiger partial charge in [-0.05, 0) is 191 Å². The van der Waals surface area contributed by atoms with Crippen molar-refractivity contribution in [3.05, 3.63) is 243 Å². The van der Waals surface area contributed by atoms with Crippen LogP contribution < -0.4 is 0 Å². The Bertz CT molecular complexity index is 5190. The first kappa shape index (κ1) is 62.7. The highest BCUT2D eigenvalue weighted by Gasteiger charge is 2.41. The molecule has 0 amide bonds. The lowest BCUT2D eigenvalue weighted by molar-refractivity contribution is -0.144. The number of nitriles is 1. The molecular weight excluding hydrogens is 1250 g/mol. The zero-order chi connectivity index (χ0) is 67.0. The second-order valence-electron chi connectivity index (χ2n) is 22.3. The second-order valence-corrected chi connectivity index (χ2v) is 22.3. The normalized spacial score (nSPS) is 12.8. The van der Waals surface area contributed by atoms with Crippen molar-refractivity contribution in [2.24, 2.45) is 0 Å². The summed E-state index contributed by atoms with van der Waals surface area (Å²) in [7, 11) is 0. The molecule has 12 rings (SSSR count). The maximum atomic E-state index is 15.0. The van der Waals surface area contributed by atoms with E-state index in [-0.39, 0.29) is 106 Å². The van der Waals surface area contributed by atoms with E-state index in [9.17, 15) is 84.3 Å². The van der Waals surface area contributed by atoms with Gasteiger partial charge < -0.3 is 9.13 Å². The molecule has 12 aromatic rings. The number of alkyl halides is 18. The largest absolute Gasteiger partial charge is 0.417 e. The lowest BCUT2D eigenvalue weighted by Crippen LogP contribution is -2.12. The summed E-state index contributed by atoms with van der Waals surface area (Å²) in [5, 5.41) is 12.5. The van der Waals surface area contributed by atoms with E-state index in [2.05, 4.69) is 10.9 Å². The Kier molecular flexibility index (Phi) is 14.7. The second kappa shape index (κ2) is 21.9. The van der Waals surface area contributed by atoms with Crippen molar-refractivity contribution in [1.82, 2.24) is 9.13 Å². The van der Waals surface area contributed by atoms with Crippen molar-refractivity contribution in [2.75, 3.05) is 0 Å². The molecule has 22 heteroatoms. The Morgan fingerprint density at radius 3 is 1.11 bits per heavy atom. The van der Waals surface area contributed by atoms with E-state index in [0.29, 0.717) is 52.9 Å². The summed E-state index contributed by atoms with van der Waals surface area (Å²) in [4.78, 5) is 3.30. The molecule has 0 aliphatic carbocycles. The number of hydrogen-bond donors (Lipinski definition) is 0. The number of rotatable bonds is 7. The van der Waals surface area contributed by atoms with E-state index in [1.807, 2.05) is 32.0 Å². The topological polar surface area (TPSA) is 38.0 Å². The van der Waals surface area contributed by atoms with Crippen molar-refractivity contribution in [1.29, 1.82) is 5.26 Å². The van der Waals surface area contributed by atoms with Crippen LogP contribution in [0.15, 0.2) is 176 Å². The van der Waals surface area contributed by atoms with Gasteiger partial charge in [0.1, 0.15) is 11.6 Å². The van der Waals surface area contributed by atoms with Gasteiger partial charge in [0.15, 0.2) is 5.69 Å². The smallest absolute Gasteiger partial charge is 0.308 e. The summed E-state index contributed by atoms with van der Waals surface area (Å²) in [5.74, 6) is 0. The minimum Gasteiger partial charge on any atom is -0.308 e. The summed E-state index contributed by atoms with van der Waals surface area (Å²) in [5.41, 5.74) is -8.33. The maximum Gasteiger partial charge on any atom is 0.417 e. The van der Waals surface area contributed by atoms with Crippen LogP contribution in [0.4, 0.5) is 84.7 Å².